The van der Waals surface area contributed by atoms with Crippen LogP contribution in [0.15, 0.2) is 30.5 Å². The van der Waals surface area contributed by atoms with E-state index in [0.29, 0.717) is 6.04 Å². The molecule has 0 radical (unpaired) electrons. The zero-order chi connectivity index (χ0) is 13.2. The third kappa shape index (κ3) is 2.53. The lowest BCUT2D eigenvalue weighted by Gasteiger charge is -2.26. The van der Waals surface area contributed by atoms with Gasteiger partial charge in [-0.3, -0.25) is 4.90 Å². The van der Waals surface area contributed by atoms with Crippen molar-refractivity contribution in [1.82, 2.24) is 9.88 Å². The van der Waals surface area contributed by atoms with Crippen molar-refractivity contribution in [2.24, 2.45) is 0 Å². The van der Waals surface area contributed by atoms with Crippen LogP contribution < -0.4 is 0 Å². The van der Waals surface area contributed by atoms with Crippen LogP contribution in [0.25, 0.3) is 10.9 Å². The van der Waals surface area contributed by atoms with Crippen molar-refractivity contribution in [3.63, 3.8) is 0 Å². The smallest absolute Gasteiger partial charge is 0.0667 e. The first-order chi connectivity index (χ1) is 9.25. The number of aliphatic hydroxyl groups is 1. The van der Waals surface area contributed by atoms with Gasteiger partial charge in [-0.1, -0.05) is 18.2 Å². The first-order valence-electron chi connectivity index (χ1n) is 7.23. The normalized spacial score (nSPS) is 22.1. The maximum absolute atomic E-state index is 9.80. The third-order valence-corrected chi connectivity index (χ3v) is 4.31. The van der Waals surface area contributed by atoms with E-state index in [1.165, 1.54) is 22.9 Å². The van der Waals surface area contributed by atoms with Gasteiger partial charge in [-0.05, 0) is 44.4 Å². The molecular formula is C16H22N2O. The largest absolute Gasteiger partial charge is 0.392 e. The summed E-state index contributed by atoms with van der Waals surface area (Å²) >= 11 is 0. The summed E-state index contributed by atoms with van der Waals surface area (Å²) in [5.41, 5.74) is 2.60. The first-order valence-corrected chi connectivity index (χ1v) is 7.23. The maximum Gasteiger partial charge on any atom is 0.0667 e. The molecule has 1 fully saturated rings. The van der Waals surface area contributed by atoms with Gasteiger partial charge in [0, 0.05) is 29.7 Å². The van der Waals surface area contributed by atoms with Crippen molar-refractivity contribution in [2.45, 2.75) is 38.3 Å². The van der Waals surface area contributed by atoms with Gasteiger partial charge in [-0.15, -0.1) is 0 Å². The summed E-state index contributed by atoms with van der Waals surface area (Å²) in [5.74, 6) is 0. The van der Waals surface area contributed by atoms with E-state index in [2.05, 4.69) is 40.3 Å². The molecule has 2 heterocycles. The Hall–Kier alpha value is -1.32. The van der Waals surface area contributed by atoms with Crippen LogP contribution in [0.5, 0.6) is 0 Å². The highest BCUT2D eigenvalue weighted by Gasteiger charge is 2.27. The van der Waals surface area contributed by atoms with Crippen LogP contribution >= 0.6 is 0 Å². The fourth-order valence-electron chi connectivity index (χ4n) is 3.28. The molecule has 1 aromatic heterocycles. The summed E-state index contributed by atoms with van der Waals surface area (Å²) in [5, 5.41) is 11.1. The number of aliphatic hydroxyl groups excluding tert-OH is 1. The number of nitrogens with zero attached hydrogens (tertiary/aromatic N) is 1. The van der Waals surface area contributed by atoms with Gasteiger partial charge in [0.2, 0.25) is 0 Å². The van der Waals surface area contributed by atoms with Gasteiger partial charge in [-0.2, -0.15) is 0 Å². The van der Waals surface area contributed by atoms with E-state index < -0.39 is 0 Å². The standard InChI is InChI=1S/C16H22N2O/c1-12(19)16-7-4-9-18(16)10-8-13-11-17-15-6-3-2-5-14(13)15/h2-3,5-6,11-12,16-17,19H,4,7-10H2,1H3/t12?,16-/m0/s1. The fourth-order valence-corrected chi connectivity index (χ4v) is 3.28. The number of rotatable bonds is 4. The molecule has 1 saturated heterocycles. The Balaban J connectivity index is 1.69. The molecule has 0 aliphatic carbocycles. The van der Waals surface area contributed by atoms with Crippen molar-refractivity contribution in [3.8, 4) is 0 Å². The Morgan fingerprint density at radius 2 is 2.26 bits per heavy atom. The molecule has 3 heteroatoms. The minimum atomic E-state index is -0.217. The SMILES string of the molecule is CC(O)[C@@H]1CCCN1CCc1c[nH]c2ccccc12. The summed E-state index contributed by atoms with van der Waals surface area (Å²) in [6.07, 6.45) is 5.30. The number of hydrogen-bond acceptors (Lipinski definition) is 2. The molecule has 1 aliphatic rings. The number of aromatic amines is 1. The molecule has 0 amide bonds. The minimum Gasteiger partial charge on any atom is -0.392 e. The van der Waals surface area contributed by atoms with Crippen LogP contribution in [0.4, 0.5) is 0 Å². The lowest BCUT2D eigenvalue weighted by molar-refractivity contribution is 0.0874. The monoisotopic (exact) mass is 258 g/mol. The average Bonchev–Trinajstić information content (AvgIpc) is 3.03. The Labute approximate surface area is 114 Å². The van der Waals surface area contributed by atoms with E-state index >= 15 is 0 Å². The Morgan fingerprint density at radius 1 is 1.42 bits per heavy atom. The van der Waals surface area contributed by atoms with Gasteiger partial charge in [-0.25, -0.2) is 0 Å². The van der Waals surface area contributed by atoms with E-state index in [9.17, 15) is 5.11 Å². The molecule has 0 bridgehead atoms. The molecule has 102 valence electrons. The van der Waals surface area contributed by atoms with Gasteiger partial charge in [0.1, 0.15) is 0 Å². The average molecular weight is 258 g/mol. The van der Waals surface area contributed by atoms with Crippen LogP contribution in [-0.4, -0.2) is 40.2 Å². The molecular weight excluding hydrogens is 236 g/mol. The summed E-state index contributed by atoms with van der Waals surface area (Å²) in [7, 11) is 0. The lowest BCUT2D eigenvalue weighted by Crippen LogP contribution is -2.38. The number of H-pyrrole nitrogens is 1. The zero-order valence-electron chi connectivity index (χ0n) is 11.5. The molecule has 3 nitrogen and oxygen atoms in total. The predicted molar refractivity (Wildman–Crippen MR) is 78.3 cm³/mol. The number of likely N-dealkylation sites (tertiary alicyclic amines) is 1. The lowest BCUT2D eigenvalue weighted by atomic mass is 10.1. The zero-order valence-corrected chi connectivity index (χ0v) is 11.5. The summed E-state index contributed by atoms with van der Waals surface area (Å²) in [6, 6.07) is 8.80. The number of aromatic nitrogens is 1. The Bertz CT molecular complexity index is 546. The van der Waals surface area contributed by atoms with Gasteiger partial charge in [0.05, 0.1) is 6.10 Å². The third-order valence-electron chi connectivity index (χ3n) is 4.31. The molecule has 3 rings (SSSR count). The van der Waals surface area contributed by atoms with Gasteiger partial charge < -0.3 is 10.1 Å². The highest BCUT2D eigenvalue weighted by atomic mass is 16.3. The van der Waals surface area contributed by atoms with Crippen molar-refractivity contribution in [2.75, 3.05) is 13.1 Å². The van der Waals surface area contributed by atoms with Crippen molar-refractivity contribution >= 4 is 10.9 Å². The molecule has 2 aromatic rings. The van der Waals surface area contributed by atoms with Gasteiger partial charge >= 0.3 is 0 Å². The molecule has 0 saturated carbocycles. The molecule has 1 aliphatic heterocycles. The van der Waals surface area contributed by atoms with Crippen LogP contribution in [-0.2, 0) is 6.42 Å². The molecule has 2 N–H and O–H groups in total. The topological polar surface area (TPSA) is 39.3 Å². The molecule has 1 unspecified atom stereocenters. The highest BCUT2D eigenvalue weighted by molar-refractivity contribution is 5.83. The van der Waals surface area contributed by atoms with E-state index in [4.69, 9.17) is 0 Å². The maximum atomic E-state index is 9.80. The van der Waals surface area contributed by atoms with E-state index in [-0.39, 0.29) is 6.10 Å². The Kier molecular flexibility index (Phi) is 3.58. The van der Waals surface area contributed by atoms with Crippen LogP contribution in [0.1, 0.15) is 25.3 Å². The van der Waals surface area contributed by atoms with E-state index in [0.717, 1.165) is 25.9 Å². The van der Waals surface area contributed by atoms with Crippen LogP contribution in [0.2, 0.25) is 0 Å². The summed E-state index contributed by atoms with van der Waals surface area (Å²) in [4.78, 5) is 5.77. The molecule has 19 heavy (non-hydrogen) atoms. The quantitative estimate of drug-likeness (QED) is 0.884. The first kappa shape index (κ1) is 12.7. The molecule has 1 aromatic carbocycles. The predicted octanol–water partition coefficient (Wildman–Crippen LogP) is 2.56. The molecule has 2 atom stereocenters. The van der Waals surface area contributed by atoms with E-state index in [1.807, 2.05) is 6.92 Å². The van der Waals surface area contributed by atoms with Crippen molar-refractivity contribution in [3.05, 3.63) is 36.0 Å². The second-order valence-electron chi connectivity index (χ2n) is 5.60. The number of hydrogen-bond donors (Lipinski definition) is 2. The summed E-state index contributed by atoms with van der Waals surface area (Å²) in [6.45, 7) is 4.07. The fraction of sp³-hybridized carbons (Fsp3) is 0.500. The van der Waals surface area contributed by atoms with Crippen molar-refractivity contribution in [1.29, 1.82) is 0 Å². The number of nitrogens with one attached hydrogen (secondary N) is 1. The van der Waals surface area contributed by atoms with Gasteiger partial charge in [0.15, 0.2) is 0 Å². The van der Waals surface area contributed by atoms with Crippen molar-refractivity contribution < 1.29 is 5.11 Å². The van der Waals surface area contributed by atoms with Gasteiger partial charge in [0.25, 0.3) is 0 Å². The Morgan fingerprint density at radius 3 is 3.11 bits per heavy atom. The number of benzene rings is 1. The molecule has 0 spiro atoms. The minimum absolute atomic E-state index is 0.217. The number of para-hydroxylation sites is 1. The van der Waals surface area contributed by atoms with Crippen LogP contribution in [0.3, 0.4) is 0 Å². The number of fused-ring (bicyclic) bond motifs is 1. The second kappa shape index (κ2) is 5.35. The highest BCUT2D eigenvalue weighted by Crippen LogP contribution is 2.22. The van der Waals surface area contributed by atoms with Crippen LogP contribution in [0, 0.1) is 0 Å². The second-order valence-corrected chi connectivity index (χ2v) is 5.60. The summed E-state index contributed by atoms with van der Waals surface area (Å²) < 4.78 is 0. The van der Waals surface area contributed by atoms with E-state index in [1.54, 1.807) is 0 Å².